The van der Waals surface area contributed by atoms with Gasteiger partial charge in [0.1, 0.15) is 4.61 Å². The van der Waals surface area contributed by atoms with Crippen molar-refractivity contribution in [3.63, 3.8) is 0 Å². The number of alkyl halides is 1. The number of carbonyl (C=O) groups is 1. The summed E-state index contributed by atoms with van der Waals surface area (Å²) in [6, 6.07) is 7.78. The Morgan fingerprint density at radius 2 is 1.71 bits per heavy atom. The Bertz CT molecular complexity index is 714. The summed E-state index contributed by atoms with van der Waals surface area (Å²) in [5, 5.41) is 30.1. The molecule has 1 rings (SSSR count). The second-order valence-corrected chi connectivity index (χ2v) is 7.99. The van der Waals surface area contributed by atoms with Gasteiger partial charge in [-0.15, -0.1) is 0 Å². The van der Waals surface area contributed by atoms with Crippen LogP contribution in [0.3, 0.4) is 0 Å². The number of benzene rings is 1. The first-order chi connectivity index (χ1) is 15.0. The van der Waals surface area contributed by atoms with Crippen LogP contribution in [0.15, 0.2) is 48.6 Å². The van der Waals surface area contributed by atoms with E-state index in [-0.39, 0.29) is 5.97 Å². The van der Waals surface area contributed by atoms with Crippen molar-refractivity contribution in [2.45, 2.75) is 70.2 Å². The number of aliphatic hydroxyl groups excluding tert-OH is 3. The van der Waals surface area contributed by atoms with E-state index in [1.54, 1.807) is 18.2 Å². The van der Waals surface area contributed by atoms with Gasteiger partial charge in [-0.1, -0.05) is 86.9 Å². The SMILES string of the molecule is CCCCC[C@H](O)[C@H](O)/C=C/C=C/c1ccccc1/C=C/[C@@H](O)CCCC(=O)OCI. The number of carbonyl (C=O) groups excluding carboxylic acids is 1. The van der Waals surface area contributed by atoms with Crippen molar-refractivity contribution in [3.05, 3.63) is 59.7 Å². The van der Waals surface area contributed by atoms with E-state index in [0.717, 1.165) is 30.4 Å². The first-order valence-electron chi connectivity index (χ1n) is 10.9. The lowest BCUT2D eigenvalue weighted by Crippen LogP contribution is -2.23. The lowest BCUT2D eigenvalue weighted by molar-refractivity contribution is -0.141. The minimum absolute atomic E-state index is 0.243. The van der Waals surface area contributed by atoms with Crippen LogP contribution in [0.5, 0.6) is 0 Å². The molecule has 6 heteroatoms. The van der Waals surface area contributed by atoms with Crippen molar-refractivity contribution in [2.75, 3.05) is 4.61 Å². The number of halogens is 1. The molecule has 172 valence electrons. The Hall–Kier alpha value is -1.48. The zero-order chi connectivity index (χ0) is 22.9. The van der Waals surface area contributed by atoms with Gasteiger partial charge in [-0.2, -0.15) is 0 Å². The molecule has 0 saturated heterocycles. The zero-order valence-corrected chi connectivity index (χ0v) is 20.4. The molecule has 0 fully saturated rings. The molecule has 0 heterocycles. The van der Waals surface area contributed by atoms with Crippen LogP contribution >= 0.6 is 22.6 Å². The molecule has 3 N–H and O–H groups in total. The van der Waals surface area contributed by atoms with Crippen molar-refractivity contribution in [3.8, 4) is 0 Å². The molecule has 0 unspecified atom stereocenters. The van der Waals surface area contributed by atoms with Gasteiger partial charge >= 0.3 is 5.97 Å². The number of ether oxygens (including phenoxy) is 1. The molecule has 5 nitrogen and oxygen atoms in total. The number of aliphatic hydroxyl groups is 3. The number of hydrogen-bond acceptors (Lipinski definition) is 5. The van der Waals surface area contributed by atoms with E-state index in [1.165, 1.54) is 0 Å². The van der Waals surface area contributed by atoms with Crippen LogP contribution in [0.1, 0.15) is 63.0 Å². The van der Waals surface area contributed by atoms with Crippen molar-refractivity contribution in [1.82, 2.24) is 0 Å². The minimum Gasteiger partial charge on any atom is -0.455 e. The Morgan fingerprint density at radius 3 is 2.39 bits per heavy atom. The van der Waals surface area contributed by atoms with Gasteiger partial charge in [0.15, 0.2) is 0 Å². The average molecular weight is 542 g/mol. The van der Waals surface area contributed by atoms with E-state index < -0.39 is 18.3 Å². The highest BCUT2D eigenvalue weighted by Crippen LogP contribution is 2.15. The van der Waals surface area contributed by atoms with Crippen LogP contribution in [-0.4, -0.2) is 44.2 Å². The van der Waals surface area contributed by atoms with E-state index >= 15 is 0 Å². The maximum absolute atomic E-state index is 11.3. The summed E-state index contributed by atoms with van der Waals surface area (Å²) in [5.74, 6) is -0.243. The Balaban J connectivity index is 2.56. The molecule has 3 atom stereocenters. The van der Waals surface area contributed by atoms with Crippen LogP contribution in [0.2, 0.25) is 0 Å². The largest absolute Gasteiger partial charge is 0.455 e. The van der Waals surface area contributed by atoms with Crippen molar-refractivity contribution in [1.29, 1.82) is 0 Å². The number of allylic oxidation sites excluding steroid dienone is 2. The lowest BCUT2D eigenvalue weighted by Gasteiger charge is -2.13. The Labute approximate surface area is 199 Å². The summed E-state index contributed by atoms with van der Waals surface area (Å²) in [7, 11) is 0. The van der Waals surface area contributed by atoms with E-state index in [1.807, 2.05) is 65.1 Å². The fourth-order valence-electron chi connectivity index (χ4n) is 2.95. The van der Waals surface area contributed by atoms with Crippen LogP contribution < -0.4 is 0 Å². The van der Waals surface area contributed by atoms with Crippen LogP contribution in [0.25, 0.3) is 12.2 Å². The average Bonchev–Trinajstić information content (AvgIpc) is 2.76. The summed E-state index contributed by atoms with van der Waals surface area (Å²) >= 11 is 1.98. The first kappa shape index (κ1) is 27.6. The molecule has 0 radical (unpaired) electrons. The topological polar surface area (TPSA) is 87.0 Å². The molecule has 0 aliphatic carbocycles. The Kier molecular flexibility index (Phi) is 15.2. The maximum atomic E-state index is 11.3. The monoisotopic (exact) mass is 542 g/mol. The summed E-state index contributed by atoms with van der Waals surface area (Å²) in [6.45, 7) is 2.10. The molecule has 0 saturated carbocycles. The van der Waals surface area contributed by atoms with Gasteiger partial charge in [-0.3, -0.25) is 4.79 Å². The number of unbranched alkanes of at least 4 members (excludes halogenated alkanes) is 2. The van der Waals surface area contributed by atoms with Gasteiger partial charge in [-0.05, 0) is 53.0 Å². The van der Waals surface area contributed by atoms with Crippen molar-refractivity contribution >= 4 is 40.7 Å². The lowest BCUT2D eigenvalue weighted by atomic mass is 10.0. The van der Waals surface area contributed by atoms with Gasteiger partial charge < -0.3 is 20.1 Å². The predicted octanol–water partition coefficient (Wildman–Crippen LogP) is 5.04. The molecular formula is C25H35IO5. The van der Waals surface area contributed by atoms with Gasteiger partial charge in [0.2, 0.25) is 0 Å². The molecule has 0 spiro atoms. The summed E-state index contributed by atoms with van der Waals surface area (Å²) in [4.78, 5) is 11.3. The fourth-order valence-corrected chi connectivity index (χ4v) is 3.30. The quantitative estimate of drug-likeness (QED) is 0.0951. The third kappa shape index (κ3) is 12.8. The van der Waals surface area contributed by atoms with Gasteiger partial charge in [0.05, 0.1) is 18.3 Å². The van der Waals surface area contributed by atoms with Crippen molar-refractivity contribution < 1.29 is 24.9 Å². The highest BCUT2D eigenvalue weighted by molar-refractivity contribution is 14.1. The standard InChI is InChI=1S/C25H35IO5/c1-2-3-4-14-23(28)24(29)15-8-7-11-20-10-5-6-12-21(20)17-18-22(27)13-9-16-25(30)31-19-26/h5-8,10-12,15,17-18,22-24,27-29H,2-4,9,13-14,16,19H2,1H3/b11-7+,15-8+,18-17+/t22-,23-,24+/m0/s1. The van der Waals surface area contributed by atoms with E-state index in [0.29, 0.717) is 30.3 Å². The summed E-state index contributed by atoms with van der Waals surface area (Å²) in [5.41, 5.74) is 1.93. The number of hydrogen-bond donors (Lipinski definition) is 3. The van der Waals surface area contributed by atoms with Crippen LogP contribution in [-0.2, 0) is 9.53 Å². The maximum Gasteiger partial charge on any atom is 0.306 e. The van der Waals surface area contributed by atoms with E-state index in [9.17, 15) is 20.1 Å². The Morgan fingerprint density at radius 1 is 1.00 bits per heavy atom. The van der Waals surface area contributed by atoms with E-state index in [2.05, 4.69) is 6.92 Å². The van der Waals surface area contributed by atoms with Gasteiger partial charge in [0, 0.05) is 6.42 Å². The fraction of sp³-hybridized carbons (Fsp3) is 0.480. The van der Waals surface area contributed by atoms with E-state index in [4.69, 9.17) is 4.74 Å². The molecular weight excluding hydrogens is 507 g/mol. The van der Waals surface area contributed by atoms with Crippen LogP contribution in [0.4, 0.5) is 0 Å². The minimum atomic E-state index is -0.874. The molecule has 31 heavy (non-hydrogen) atoms. The third-order valence-electron chi connectivity index (χ3n) is 4.78. The predicted molar refractivity (Wildman–Crippen MR) is 135 cm³/mol. The number of esters is 1. The van der Waals surface area contributed by atoms with Gasteiger partial charge in [-0.25, -0.2) is 0 Å². The summed E-state index contributed by atoms with van der Waals surface area (Å²) in [6.07, 6.45) is 13.4. The zero-order valence-electron chi connectivity index (χ0n) is 18.2. The highest BCUT2D eigenvalue weighted by atomic mass is 127. The summed E-state index contributed by atoms with van der Waals surface area (Å²) < 4.78 is 5.21. The molecule has 0 aliphatic rings. The van der Waals surface area contributed by atoms with Gasteiger partial charge in [0.25, 0.3) is 0 Å². The highest BCUT2D eigenvalue weighted by Gasteiger charge is 2.11. The first-order valence-corrected chi connectivity index (χ1v) is 12.4. The molecule has 1 aromatic rings. The third-order valence-corrected chi connectivity index (χ3v) is 5.09. The molecule has 0 aliphatic heterocycles. The van der Waals surface area contributed by atoms with Crippen molar-refractivity contribution in [2.24, 2.45) is 0 Å². The second kappa shape index (κ2) is 17.1. The van der Waals surface area contributed by atoms with Crippen LogP contribution in [0, 0.1) is 0 Å². The molecule has 0 amide bonds. The smallest absolute Gasteiger partial charge is 0.306 e. The molecule has 0 aromatic heterocycles. The molecule has 0 bridgehead atoms. The normalized spacial score (nSPS) is 15.0. The number of rotatable bonds is 15. The molecule has 1 aromatic carbocycles. The second-order valence-electron chi connectivity index (χ2n) is 7.37.